The van der Waals surface area contributed by atoms with Gasteiger partial charge in [-0.05, 0) is 39.8 Å². The lowest BCUT2D eigenvalue weighted by Gasteiger charge is -2.48. The normalized spacial score (nSPS) is 20.9. The topological polar surface area (TPSA) is 76.1 Å². The number of rotatable bonds is 12. The largest absolute Gasteiger partial charge is 0.481 e. The Morgan fingerprint density at radius 2 is 2.03 bits per heavy atom. The van der Waals surface area contributed by atoms with E-state index in [1.54, 1.807) is 30.4 Å². The highest BCUT2D eigenvalue weighted by Gasteiger charge is 2.43. The second kappa shape index (κ2) is 10.9. The minimum atomic E-state index is -2.90. The summed E-state index contributed by atoms with van der Waals surface area (Å²) in [4.78, 5) is 11.4. The molecule has 0 radical (unpaired) electrons. The Morgan fingerprint density at radius 3 is 2.47 bits per heavy atom. The summed E-state index contributed by atoms with van der Waals surface area (Å²) in [5.74, 6) is -2.26. The van der Waals surface area contributed by atoms with E-state index in [1.807, 2.05) is 13.8 Å². The van der Waals surface area contributed by atoms with Gasteiger partial charge in [-0.25, -0.2) is 8.70 Å². The van der Waals surface area contributed by atoms with Gasteiger partial charge in [0.05, 0.1) is 18.4 Å². The van der Waals surface area contributed by atoms with Crippen molar-refractivity contribution in [2.75, 3.05) is 26.2 Å². The molecule has 1 aromatic rings. The average Bonchev–Trinajstić information content (AvgIpc) is 2.65. The summed E-state index contributed by atoms with van der Waals surface area (Å²) in [6.45, 7) is 13.3. The second-order valence-corrected chi connectivity index (χ2v) is 19.2. The SMILES string of the molecule is CCC(C(=O)O)c1ccc(C2COC2N(C)[SH](=O)(COCC[Si](C)(C)C)C(C)C)c(F)c1. The zero-order valence-electron chi connectivity index (χ0n) is 20.4. The van der Waals surface area contributed by atoms with Gasteiger partial charge in [-0.1, -0.05) is 52.5 Å². The number of likely N-dealkylation sites (N-methyl/N-ethyl adjacent to an activating group) is 1. The van der Waals surface area contributed by atoms with Crippen LogP contribution in [0.4, 0.5) is 4.39 Å². The Morgan fingerprint density at radius 1 is 1.38 bits per heavy atom. The Kier molecular flexibility index (Phi) is 9.20. The molecule has 2 rings (SSSR count). The van der Waals surface area contributed by atoms with Crippen molar-refractivity contribution < 1.29 is 28.0 Å². The van der Waals surface area contributed by atoms with Gasteiger partial charge in [-0.2, -0.15) is 0 Å². The van der Waals surface area contributed by atoms with Crippen LogP contribution in [-0.4, -0.2) is 65.3 Å². The first kappa shape index (κ1) is 27.1. The molecule has 0 amide bonds. The standard InChI is InChI=1S/C23H40FNO5SSi/c1-8-18(23(26)27)17-9-10-19(21(24)13-17)20-14-30-22(20)25(4)31(28,16(2)3)15-29-11-12-32(5,6)7/h9-10,13,16,18,20,22,31H,8,11-12,14-15H2,1-7H3,(H,26,27). The van der Waals surface area contributed by atoms with Crippen LogP contribution in [0.15, 0.2) is 18.2 Å². The van der Waals surface area contributed by atoms with Crippen LogP contribution in [0, 0.1) is 5.82 Å². The maximum Gasteiger partial charge on any atom is 0.310 e. The molecular weight excluding hydrogens is 449 g/mol. The average molecular weight is 490 g/mol. The lowest BCUT2D eigenvalue weighted by molar-refractivity contribution is -0.138. The molecule has 3 unspecified atom stereocenters. The van der Waals surface area contributed by atoms with Gasteiger partial charge >= 0.3 is 5.97 Å². The molecule has 1 fully saturated rings. The van der Waals surface area contributed by atoms with Crippen molar-refractivity contribution in [1.82, 2.24) is 4.31 Å². The van der Waals surface area contributed by atoms with Crippen molar-refractivity contribution in [1.29, 1.82) is 0 Å². The quantitative estimate of drug-likeness (QED) is 0.258. The highest BCUT2D eigenvalue weighted by Crippen LogP contribution is 2.38. The monoisotopic (exact) mass is 489 g/mol. The summed E-state index contributed by atoms with van der Waals surface area (Å²) >= 11 is 0. The second-order valence-electron chi connectivity index (χ2n) is 10.2. The van der Waals surface area contributed by atoms with Crippen LogP contribution in [-0.2, 0) is 24.4 Å². The van der Waals surface area contributed by atoms with Gasteiger partial charge in [-0.3, -0.25) is 9.00 Å². The van der Waals surface area contributed by atoms with Crippen molar-refractivity contribution in [3.05, 3.63) is 35.1 Å². The molecule has 184 valence electrons. The third-order valence-electron chi connectivity index (χ3n) is 6.31. The number of carboxylic acids is 1. The number of carbonyl (C=O) groups is 1. The summed E-state index contributed by atoms with van der Waals surface area (Å²) in [6, 6.07) is 5.64. The van der Waals surface area contributed by atoms with Crippen LogP contribution in [0.1, 0.15) is 50.2 Å². The molecule has 0 saturated carbocycles. The van der Waals surface area contributed by atoms with E-state index in [2.05, 4.69) is 19.6 Å². The number of ether oxygens (including phenoxy) is 2. The number of benzene rings is 1. The Labute approximate surface area is 194 Å². The molecule has 3 atom stereocenters. The van der Waals surface area contributed by atoms with Crippen molar-refractivity contribution in [2.45, 2.75) is 76.2 Å². The number of nitrogens with zero attached hydrogens (tertiary/aromatic N) is 1. The van der Waals surface area contributed by atoms with Crippen molar-refractivity contribution in [3.8, 4) is 0 Å². The van der Waals surface area contributed by atoms with Gasteiger partial charge in [0.25, 0.3) is 0 Å². The van der Waals surface area contributed by atoms with Crippen molar-refractivity contribution in [2.24, 2.45) is 0 Å². The molecule has 1 heterocycles. The fourth-order valence-corrected chi connectivity index (χ4v) is 6.84. The lowest BCUT2D eigenvalue weighted by Crippen LogP contribution is -2.56. The summed E-state index contributed by atoms with van der Waals surface area (Å²) in [5, 5.41) is 9.23. The molecule has 1 saturated heterocycles. The minimum Gasteiger partial charge on any atom is -0.481 e. The third-order valence-corrected chi connectivity index (χ3v) is 11.5. The third kappa shape index (κ3) is 6.25. The zero-order chi connectivity index (χ0) is 24.3. The van der Waals surface area contributed by atoms with Crippen LogP contribution < -0.4 is 0 Å². The van der Waals surface area contributed by atoms with Crippen LogP contribution in [0.5, 0.6) is 0 Å². The summed E-state index contributed by atoms with van der Waals surface area (Å²) in [6.07, 6.45) is -0.119. The van der Waals surface area contributed by atoms with Crippen LogP contribution >= 0.6 is 0 Å². The Balaban J connectivity index is 2.16. The Hall–Kier alpha value is -1.13. The van der Waals surface area contributed by atoms with Crippen molar-refractivity contribution >= 4 is 24.2 Å². The van der Waals surface area contributed by atoms with Gasteiger partial charge in [-0.15, -0.1) is 0 Å². The molecule has 0 aromatic heterocycles. The molecule has 0 aliphatic carbocycles. The molecule has 0 bridgehead atoms. The van der Waals surface area contributed by atoms with Gasteiger partial charge in [0.1, 0.15) is 18.0 Å². The van der Waals surface area contributed by atoms with Gasteiger partial charge in [0.2, 0.25) is 0 Å². The number of halogens is 1. The molecular formula is C23H40FNO5SSi. The highest BCUT2D eigenvalue weighted by atomic mass is 32.3. The molecule has 1 aliphatic rings. The summed E-state index contributed by atoms with van der Waals surface area (Å²) in [5.41, 5.74) is 0.919. The predicted molar refractivity (Wildman–Crippen MR) is 131 cm³/mol. The fraction of sp³-hybridized carbons (Fsp3) is 0.696. The lowest BCUT2D eigenvalue weighted by atomic mass is 9.89. The van der Waals surface area contributed by atoms with Gasteiger partial charge in [0.15, 0.2) is 0 Å². The number of thiol groups is 1. The molecule has 9 heteroatoms. The molecule has 6 nitrogen and oxygen atoms in total. The minimum absolute atomic E-state index is 0.127. The maximum atomic E-state index is 15.0. The Bertz CT molecular complexity index is 844. The summed E-state index contributed by atoms with van der Waals surface area (Å²) < 4.78 is 42.2. The van der Waals surface area contributed by atoms with E-state index in [1.165, 1.54) is 6.07 Å². The molecule has 0 spiro atoms. The predicted octanol–water partition coefficient (Wildman–Crippen LogP) is 4.43. The number of hydrogen-bond donors (Lipinski definition) is 2. The van der Waals surface area contributed by atoms with E-state index in [-0.39, 0.29) is 17.1 Å². The molecule has 32 heavy (non-hydrogen) atoms. The van der Waals surface area contributed by atoms with E-state index in [0.29, 0.717) is 30.8 Å². The maximum absolute atomic E-state index is 15.0. The number of hydrogen-bond acceptors (Lipinski definition) is 4. The van der Waals surface area contributed by atoms with Gasteiger partial charge < -0.3 is 14.6 Å². The first-order valence-corrected chi connectivity index (χ1v) is 17.0. The highest BCUT2D eigenvalue weighted by molar-refractivity contribution is 8.01. The van der Waals surface area contributed by atoms with Crippen molar-refractivity contribution in [3.63, 3.8) is 0 Å². The van der Waals surface area contributed by atoms with E-state index in [9.17, 15) is 18.5 Å². The first-order chi connectivity index (χ1) is 14.8. The first-order valence-electron chi connectivity index (χ1n) is 11.4. The van der Waals surface area contributed by atoms with E-state index in [4.69, 9.17) is 9.47 Å². The zero-order valence-corrected chi connectivity index (χ0v) is 22.3. The summed E-state index contributed by atoms with van der Waals surface area (Å²) in [7, 11) is -2.37. The van der Waals surface area contributed by atoms with E-state index in [0.717, 1.165) is 6.04 Å². The number of aliphatic carboxylic acids is 1. The van der Waals surface area contributed by atoms with Crippen LogP contribution in [0.3, 0.4) is 0 Å². The fourth-order valence-electron chi connectivity index (χ4n) is 3.87. The van der Waals surface area contributed by atoms with E-state index >= 15 is 0 Å². The smallest absolute Gasteiger partial charge is 0.310 e. The van der Waals surface area contributed by atoms with Gasteiger partial charge in [0, 0.05) is 27.0 Å². The number of carboxylic acid groups (broad SMARTS) is 1. The van der Waals surface area contributed by atoms with E-state index < -0.39 is 42.1 Å². The molecule has 1 aliphatic heterocycles. The molecule has 1 aromatic carbocycles. The molecule has 1 N–H and O–H groups in total. The van der Waals surface area contributed by atoms with Crippen LogP contribution in [0.25, 0.3) is 0 Å². The van der Waals surface area contributed by atoms with Crippen LogP contribution in [0.2, 0.25) is 25.7 Å².